The summed E-state index contributed by atoms with van der Waals surface area (Å²) >= 11 is 1.62. The molecule has 110 valence electrons. The second-order valence-electron chi connectivity index (χ2n) is 5.10. The number of piperazine rings is 1. The van der Waals surface area contributed by atoms with Crippen molar-refractivity contribution in [3.05, 3.63) is 40.9 Å². The number of hydrogen-bond donors (Lipinski definition) is 1. The summed E-state index contributed by atoms with van der Waals surface area (Å²) in [6.45, 7) is 4.79. The summed E-state index contributed by atoms with van der Waals surface area (Å²) in [5.74, 6) is 0.247. The van der Waals surface area contributed by atoms with Crippen LogP contribution in [0.5, 0.6) is 5.75 Å². The molecule has 5 nitrogen and oxygen atoms in total. The van der Waals surface area contributed by atoms with Crippen LogP contribution in [0, 0.1) is 6.92 Å². The van der Waals surface area contributed by atoms with Crippen molar-refractivity contribution >= 4 is 22.4 Å². The van der Waals surface area contributed by atoms with Gasteiger partial charge in [-0.25, -0.2) is 4.98 Å². The fourth-order valence-corrected chi connectivity index (χ4v) is 3.14. The van der Waals surface area contributed by atoms with Gasteiger partial charge in [0.25, 0.3) is 5.91 Å². The van der Waals surface area contributed by atoms with E-state index >= 15 is 0 Å². The van der Waals surface area contributed by atoms with E-state index in [1.807, 2.05) is 10.3 Å². The van der Waals surface area contributed by atoms with Crippen LogP contribution in [0.2, 0.25) is 0 Å². The summed E-state index contributed by atoms with van der Waals surface area (Å²) in [4.78, 5) is 20.8. The van der Waals surface area contributed by atoms with E-state index in [0.29, 0.717) is 18.7 Å². The lowest BCUT2D eigenvalue weighted by atomic mass is 10.1. The fraction of sp³-hybridized carbons (Fsp3) is 0.333. The first kappa shape index (κ1) is 13.9. The molecule has 2 aromatic rings. The molecule has 1 aromatic carbocycles. The molecule has 0 saturated carbocycles. The summed E-state index contributed by atoms with van der Waals surface area (Å²) in [6, 6.07) is 5.00. The van der Waals surface area contributed by atoms with E-state index < -0.39 is 0 Å². The first-order chi connectivity index (χ1) is 10.1. The van der Waals surface area contributed by atoms with Crippen LogP contribution in [0.1, 0.15) is 15.9 Å². The van der Waals surface area contributed by atoms with Crippen molar-refractivity contribution in [2.45, 2.75) is 6.92 Å². The van der Waals surface area contributed by atoms with Crippen LogP contribution in [0.25, 0.3) is 0 Å². The van der Waals surface area contributed by atoms with Crippen molar-refractivity contribution in [2.75, 3.05) is 31.1 Å². The van der Waals surface area contributed by atoms with Gasteiger partial charge in [-0.05, 0) is 30.7 Å². The third-order valence-corrected chi connectivity index (χ3v) is 4.53. The van der Waals surface area contributed by atoms with Gasteiger partial charge in [-0.1, -0.05) is 0 Å². The Kier molecular flexibility index (Phi) is 3.79. The molecule has 1 amide bonds. The molecule has 0 aliphatic carbocycles. The van der Waals surface area contributed by atoms with Crippen molar-refractivity contribution in [1.29, 1.82) is 0 Å². The van der Waals surface area contributed by atoms with Crippen LogP contribution < -0.4 is 4.90 Å². The SMILES string of the molecule is Cc1cc(C(=O)N2CCN(c3nccs3)CC2)ccc1O. The van der Waals surface area contributed by atoms with Crippen molar-refractivity contribution in [3.8, 4) is 5.75 Å². The first-order valence-corrected chi connectivity index (χ1v) is 7.76. The monoisotopic (exact) mass is 303 g/mol. The number of aromatic hydroxyl groups is 1. The Morgan fingerprint density at radius 1 is 1.29 bits per heavy atom. The zero-order valence-corrected chi connectivity index (χ0v) is 12.6. The molecule has 0 spiro atoms. The lowest BCUT2D eigenvalue weighted by molar-refractivity contribution is 0.0746. The number of amides is 1. The largest absolute Gasteiger partial charge is 0.508 e. The number of nitrogens with zero attached hydrogens (tertiary/aromatic N) is 3. The van der Waals surface area contributed by atoms with Crippen molar-refractivity contribution < 1.29 is 9.90 Å². The van der Waals surface area contributed by atoms with Gasteiger partial charge in [0.15, 0.2) is 5.13 Å². The van der Waals surface area contributed by atoms with E-state index in [-0.39, 0.29) is 11.7 Å². The number of thiazole rings is 1. The third kappa shape index (κ3) is 2.85. The van der Waals surface area contributed by atoms with Gasteiger partial charge >= 0.3 is 0 Å². The molecule has 0 atom stereocenters. The number of phenolic OH excluding ortho intramolecular Hbond substituents is 1. The van der Waals surface area contributed by atoms with Crippen LogP contribution >= 0.6 is 11.3 Å². The minimum absolute atomic E-state index is 0.0249. The van der Waals surface area contributed by atoms with Crippen LogP contribution in [0.3, 0.4) is 0 Å². The molecule has 2 heterocycles. The highest BCUT2D eigenvalue weighted by Crippen LogP contribution is 2.21. The topological polar surface area (TPSA) is 56.7 Å². The molecule has 1 aliphatic heterocycles. The van der Waals surface area contributed by atoms with Gasteiger partial charge in [0.1, 0.15) is 5.75 Å². The minimum atomic E-state index is 0.0249. The van der Waals surface area contributed by atoms with Crippen LogP contribution in [-0.2, 0) is 0 Å². The average molecular weight is 303 g/mol. The number of rotatable bonds is 2. The normalized spacial score (nSPS) is 15.3. The number of carbonyl (C=O) groups is 1. The quantitative estimate of drug-likeness (QED) is 0.923. The molecule has 1 N–H and O–H groups in total. The highest BCUT2D eigenvalue weighted by atomic mass is 32.1. The zero-order chi connectivity index (χ0) is 14.8. The average Bonchev–Trinajstić information content (AvgIpc) is 3.04. The molecular weight excluding hydrogens is 286 g/mol. The number of hydrogen-bond acceptors (Lipinski definition) is 5. The van der Waals surface area contributed by atoms with Crippen molar-refractivity contribution in [2.24, 2.45) is 0 Å². The summed E-state index contributed by atoms with van der Waals surface area (Å²) in [6.07, 6.45) is 1.80. The number of anilines is 1. The molecule has 3 rings (SSSR count). The molecule has 0 bridgehead atoms. The molecule has 1 saturated heterocycles. The molecule has 21 heavy (non-hydrogen) atoms. The summed E-state index contributed by atoms with van der Waals surface area (Å²) in [7, 11) is 0. The Morgan fingerprint density at radius 3 is 2.67 bits per heavy atom. The van der Waals surface area contributed by atoms with Gasteiger partial charge in [-0.3, -0.25) is 4.79 Å². The molecule has 0 unspecified atom stereocenters. The van der Waals surface area contributed by atoms with Crippen molar-refractivity contribution in [1.82, 2.24) is 9.88 Å². The Hall–Kier alpha value is -2.08. The predicted molar refractivity (Wildman–Crippen MR) is 83.1 cm³/mol. The maximum absolute atomic E-state index is 12.5. The van der Waals surface area contributed by atoms with Crippen LogP contribution in [0.15, 0.2) is 29.8 Å². The van der Waals surface area contributed by atoms with Gasteiger partial charge in [-0.2, -0.15) is 0 Å². The maximum atomic E-state index is 12.5. The zero-order valence-electron chi connectivity index (χ0n) is 11.8. The Morgan fingerprint density at radius 2 is 2.05 bits per heavy atom. The molecular formula is C15H17N3O2S. The smallest absolute Gasteiger partial charge is 0.253 e. The van der Waals surface area contributed by atoms with E-state index in [0.717, 1.165) is 23.8 Å². The second-order valence-corrected chi connectivity index (χ2v) is 5.97. The third-order valence-electron chi connectivity index (χ3n) is 3.70. The highest BCUT2D eigenvalue weighted by Gasteiger charge is 2.23. The van der Waals surface area contributed by atoms with Crippen LogP contribution in [0.4, 0.5) is 5.13 Å². The Bertz CT molecular complexity index is 634. The van der Waals surface area contributed by atoms with Gasteiger partial charge in [0.2, 0.25) is 0 Å². The van der Waals surface area contributed by atoms with E-state index in [9.17, 15) is 9.90 Å². The van der Waals surface area contributed by atoms with Crippen molar-refractivity contribution in [3.63, 3.8) is 0 Å². The summed E-state index contributed by atoms with van der Waals surface area (Å²) in [5, 5.41) is 12.5. The second kappa shape index (κ2) is 5.73. The van der Waals surface area contributed by atoms with Gasteiger partial charge in [-0.15, -0.1) is 11.3 Å². The van der Waals surface area contributed by atoms with Crippen LogP contribution in [-0.4, -0.2) is 47.1 Å². The van der Waals surface area contributed by atoms with E-state index in [2.05, 4.69) is 9.88 Å². The minimum Gasteiger partial charge on any atom is -0.508 e. The summed E-state index contributed by atoms with van der Waals surface area (Å²) < 4.78 is 0. The van der Waals surface area contributed by atoms with E-state index in [1.165, 1.54) is 0 Å². The number of phenols is 1. The molecule has 0 radical (unpaired) electrons. The molecule has 1 aliphatic rings. The summed E-state index contributed by atoms with van der Waals surface area (Å²) in [5.41, 5.74) is 1.36. The Labute approximate surface area is 127 Å². The molecule has 1 aromatic heterocycles. The number of benzene rings is 1. The van der Waals surface area contributed by atoms with Gasteiger partial charge in [0.05, 0.1) is 0 Å². The first-order valence-electron chi connectivity index (χ1n) is 6.88. The lowest BCUT2D eigenvalue weighted by Crippen LogP contribution is -2.48. The predicted octanol–water partition coefficient (Wildman–Crippen LogP) is 2.12. The van der Waals surface area contributed by atoms with E-state index in [1.54, 1.807) is 42.7 Å². The molecule has 1 fully saturated rings. The fourth-order valence-electron chi connectivity index (χ4n) is 2.44. The number of aryl methyl sites for hydroxylation is 1. The standard InChI is InChI=1S/C15H17N3O2S/c1-11-10-12(2-3-13(11)19)14(20)17-5-7-18(8-6-17)15-16-4-9-21-15/h2-4,9-10,19H,5-8H2,1H3. The van der Waals surface area contributed by atoms with E-state index in [4.69, 9.17) is 0 Å². The van der Waals surface area contributed by atoms with Gasteiger partial charge in [0, 0.05) is 43.3 Å². The number of carbonyl (C=O) groups excluding carboxylic acids is 1. The Balaban J connectivity index is 1.66. The van der Waals surface area contributed by atoms with Gasteiger partial charge < -0.3 is 14.9 Å². The lowest BCUT2D eigenvalue weighted by Gasteiger charge is -2.34. The number of aromatic nitrogens is 1. The molecule has 6 heteroatoms. The highest BCUT2D eigenvalue weighted by molar-refractivity contribution is 7.13. The maximum Gasteiger partial charge on any atom is 0.253 e.